The van der Waals surface area contributed by atoms with Crippen molar-refractivity contribution in [3.63, 3.8) is 0 Å². The number of hydrogen-bond donors (Lipinski definition) is 1. The molecular formula is C26H29N3O2S. The lowest BCUT2D eigenvalue weighted by molar-refractivity contribution is -0.134. The Morgan fingerprint density at radius 3 is 2.59 bits per heavy atom. The van der Waals surface area contributed by atoms with Crippen LogP contribution in [0.2, 0.25) is 0 Å². The highest BCUT2D eigenvalue weighted by Crippen LogP contribution is 2.37. The van der Waals surface area contributed by atoms with Gasteiger partial charge in [-0.25, -0.2) is 0 Å². The van der Waals surface area contributed by atoms with Gasteiger partial charge in [0.1, 0.15) is 0 Å². The highest BCUT2D eigenvalue weighted by atomic mass is 32.1. The van der Waals surface area contributed by atoms with E-state index in [1.54, 1.807) is 35.9 Å². The summed E-state index contributed by atoms with van der Waals surface area (Å²) in [6.45, 7) is 5.10. The van der Waals surface area contributed by atoms with Gasteiger partial charge in [0.15, 0.2) is 0 Å². The van der Waals surface area contributed by atoms with Crippen molar-refractivity contribution in [3.05, 3.63) is 77.4 Å². The van der Waals surface area contributed by atoms with E-state index in [-0.39, 0.29) is 17.9 Å². The quantitative estimate of drug-likeness (QED) is 0.590. The molecule has 0 atom stereocenters. The van der Waals surface area contributed by atoms with Crippen molar-refractivity contribution >= 4 is 23.2 Å². The molecule has 5 nitrogen and oxygen atoms in total. The molecular weight excluding hydrogens is 418 g/mol. The molecule has 2 aromatic heterocycles. The highest BCUT2D eigenvalue weighted by molar-refractivity contribution is 7.13. The molecule has 1 aliphatic rings. The molecule has 1 fully saturated rings. The number of piperidine rings is 1. The van der Waals surface area contributed by atoms with Crippen LogP contribution in [-0.4, -0.2) is 40.8 Å². The fraction of sp³-hybridized carbons (Fsp3) is 0.346. The van der Waals surface area contributed by atoms with Gasteiger partial charge in [-0.2, -0.15) is 0 Å². The lowest BCUT2D eigenvalue weighted by Gasteiger charge is -2.41. The van der Waals surface area contributed by atoms with E-state index >= 15 is 0 Å². The van der Waals surface area contributed by atoms with Crippen molar-refractivity contribution in [3.8, 4) is 10.4 Å². The number of likely N-dealkylation sites (tertiary alicyclic amines) is 1. The normalized spacial score (nSPS) is 15.5. The minimum atomic E-state index is -0.524. The third kappa shape index (κ3) is 4.91. The highest BCUT2D eigenvalue weighted by Gasteiger charge is 2.42. The van der Waals surface area contributed by atoms with Crippen molar-refractivity contribution in [2.24, 2.45) is 5.41 Å². The van der Waals surface area contributed by atoms with Crippen LogP contribution in [-0.2, 0) is 11.2 Å². The Kier molecular flexibility index (Phi) is 6.70. The first kappa shape index (κ1) is 22.2. The predicted octanol–water partition coefficient (Wildman–Crippen LogP) is 4.80. The van der Waals surface area contributed by atoms with Crippen LogP contribution in [0.3, 0.4) is 0 Å². The Morgan fingerprint density at radius 1 is 1.12 bits per heavy atom. The molecule has 1 aromatic carbocycles. The average Bonchev–Trinajstić information content (AvgIpc) is 3.34. The topological polar surface area (TPSA) is 62.3 Å². The van der Waals surface area contributed by atoms with Gasteiger partial charge in [-0.3, -0.25) is 14.6 Å². The number of rotatable bonds is 6. The van der Waals surface area contributed by atoms with Crippen LogP contribution >= 0.6 is 11.3 Å². The van der Waals surface area contributed by atoms with Crippen LogP contribution in [0.15, 0.2) is 66.3 Å². The first-order chi connectivity index (χ1) is 15.5. The van der Waals surface area contributed by atoms with E-state index in [9.17, 15) is 9.59 Å². The number of benzene rings is 1. The molecule has 1 aliphatic heterocycles. The van der Waals surface area contributed by atoms with Crippen LogP contribution in [0.5, 0.6) is 0 Å². The molecule has 1 saturated heterocycles. The van der Waals surface area contributed by atoms with Gasteiger partial charge >= 0.3 is 0 Å². The van der Waals surface area contributed by atoms with E-state index < -0.39 is 5.41 Å². The van der Waals surface area contributed by atoms with Crippen LogP contribution in [0.4, 0.5) is 0 Å². The minimum Gasteiger partial charge on any atom is -0.353 e. The smallest absolute Gasteiger partial charge is 0.255 e. The Balaban J connectivity index is 1.55. The molecule has 0 aliphatic carbocycles. The number of hydrogen-bond acceptors (Lipinski definition) is 4. The van der Waals surface area contributed by atoms with E-state index in [0.29, 0.717) is 37.9 Å². The monoisotopic (exact) mass is 447 g/mol. The summed E-state index contributed by atoms with van der Waals surface area (Å²) in [4.78, 5) is 33.4. The van der Waals surface area contributed by atoms with E-state index in [2.05, 4.69) is 52.1 Å². The largest absolute Gasteiger partial charge is 0.353 e. The summed E-state index contributed by atoms with van der Waals surface area (Å²) in [5.74, 6) is 0.0677. The summed E-state index contributed by atoms with van der Waals surface area (Å²) in [6, 6.07) is 16.3. The van der Waals surface area contributed by atoms with Crippen LogP contribution < -0.4 is 5.32 Å². The molecule has 4 rings (SSSR count). The van der Waals surface area contributed by atoms with Crippen molar-refractivity contribution in [2.75, 3.05) is 13.1 Å². The van der Waals surface area contributed by atoms with Gasteiger partial charge in [0.05, 0.1) is 11.0 Å². The second kappa shape index (κ2) is 9.65. The van der Waals surface area contributed by atoms with E-state index in [4.69, 9.17) is 0 Å². The zero-order valence-electron chi connectivity index (χ0n) is 18.6. The van der Waals surface area contributed by atoms with E-state index in [1.165, 1.54) is 10.4 Å². The average molecular weight is 448 g/mol. The maximum absolute atomic E-state index is 13.4. The van der Waals surface area contributed by atoms with Crippen molar-refractivity contribution in [2.45, 2.75) is 39.2 Å². The fourth-order valence-electron chi connectivity index (χ4n) is 4.38. The lowest BCUT2D eigenvalue weighted by Crippen LogP contribution is -2.52. The second-order valence-electron chi connectivity index (χ2n) is 8.80. The Labute approximate surface area is 193 Å². The molecule has 0 radical (unpaired) electrons. The van der Waals surface area contributed by atoms with E-state index in [0.717, 1.165) is 5.56 Å². The first-order valence-electron chi connectivity index (χ1n) is 11.1. The van der Waals surface area contributed by atoms with Gasteiger partial charge in [0, 0.05) is 36.4 Å². The molecule has 3 aromatic rings. The molecule has 0 bridgehead atoms. The standard InChI is InChI=1S/C26H29N3O2S/c1-19(2)28-25(31)26(17-20-6-3-7-21(16-20)23-9-5-15-32-23)10-13-29(14-11-26)24(30)22-8-4-12-27-18-22/h3-9,12,15-16,18-19H,10-11,13-14,17H2,1-2H3,(H,28,31). The molecule has 166 valence electrons. The van der Waals surface area contributed by atoms with Crippen LogP contribution in [0.25, 0.3) is 10.4 Å². The summed E-state index contributed by atoms with van der Waals surface area (Å²) in [5, 5.41) is 5.22. The van der Waals surface area contributed by atoms with Gasteiger partial charge in [0.25, 0.3) is 5.91 Å². The maximum atomic E-state index is 13.4. The number of thiophene rings is 1. The third-order valence-electron chi connectivity index (χ3n) is 6.09. The van der Waals surface area contributed by atoms with Gasteiger partial charge in [-0.15, -0.1) is 11.3 Å². The fourth-order valence-corrected chi connectivity index (χ4v) is 5.10. The van der Waals surface area contributed by atoms with Crippen LogP contribution in [0.1, 0.15) is 42.6 Å². The van der Waals surface area contributed by atoms with Gasteiger partial charge < -0.3 is 10.2 Å². The SMILES string of the molecule is CC(C)NC(=O)C1(Cc2cccc(-c3cccs3)c2)CCN(C(=O)c2cccnc2)CC1. The summed E-state index contributed by atoms with van der Waals surface area (Å²) >= 11 is 1.72. The number of nitrogens with one attached hydrogen (secondary N) is 1. The molecule has 6 heteroatoms. The Morgan fingerprint density at radius 2 is 1.94 bits per heavy atom. The van der Waals surface area contributed by atoms with Gasteiger partial charge in [-0.05, 0) is 67.8 Å². The molecule has 3 heterocycles. The van der Waals surface area contributed by atoms with Crippen LogP contribution in [0, 0.1) is 5.41 Å². The number of aromatic nitrogens is 1. The Bertz CT molecular complexity index is 1060. The Hall–Kier alpha value is -2.99. The molecule has 0 unspecified atom stereocenters. The van der Waals surface area contributed by atoms with Crippen molar-refractivity contribution < 1.29 is 9.59 Å². The minimum absolute atomic E-state index is 0.0179. The summed E-state index contributed by atoms with van der Waals surface area (Å²) in [7, 11) is 0. The zero-order valence-corrected chi connectivity index (χ0v) is 19.4. The second-order valence-corrected chi connectivity index (χ2v) is 9.74. The number of carbonyl (C=O) groups is 2. The van der Waals surface area contributed by atoms with Gasteiger partial charge in [0.2, 0.25) is 5.91 Å². The lowest BCUT2D eigenvalue weighted by atomic mass is 9.72. The van der Waals surface area contributed by atoms with Gasteiger partial charge in [-0.1, -0.05) is 30.3 Å². The molecule has 2 amide bonds. The molecule has 1 N–H and O–H groups in total. The third-order valence-corrected chi connectivity index (χ3v) is 7.01. The predicted molar refractivity (Wildman–Crippen MR) is 129 cm³/mol. The van der Waals surface area contributed by atoms with Crippen molar-refractivity contribution in [1.82, 2.24) is 15.2 Å². The molecule has 0 saturated carbocycles. The number of amides is 2. The number of pyridine rings is 1. The molecule has 0 spiro atoms. The molecule has 32 heavy (non-hydrogen) atoms. The van der Waals surface area contributed by atoms with Crippen molar-refractivity contribution in [1.29, 1.82) is 0 Å². The summed E-state index contributed by atoms with van der Waals surface area (Å²) in [6.07, 6.45) is 5.21. The number of carbonyl (C=O) groups excluding carboxylic acids is 2. The maximum Gasteiger partial charge on any atom is 0.255 e. The summed E-state index contributed by atoms with van der Waals surface area (Å²) < 4.78 is 0. The zero-order chi connectivity index (χ0) is 22.6. The first-order valence-corrected chi connectivity index (χ1v) is 12.0. The van der Waals surface area contributed by atoms with E-state index in [1.807, 2.05) is 18.7 Å². The summed E-state index contributed by atoms with van der Waals surface area (Å²) in [5.41, 5.74) is 2.41. The number of nitrogens with zero attached hydrogens (tertiary/aromatic N) is 2.